The largest absolute Gasteiger partial charge is 0.395 e. The molecule has 0 saturated carbocycles. The summed E-state index contributed by atoms with van der Waals surface area (Å²) in [6, 6.07) is 10.4. The lowest BCUT2D eigenvalue weighted by atomic mass is 10.00. The van der Waals surface area contributed by atoms with Gasteiger partial charge in [-0.05, 0) is 6.07 Å². The van der Waals surface area contributed by atoms with Gasteiger partial charge in [-0.1, -0.05) is 30.3 Å². The summed E-state index contributed by atoms with van der Waals surface area (Å²) in [5, 5.41) is 20.5. The molecule has 0 saturated heterocycles. The quantitative estimate of drug-likeness (QED) is 0.792. The summed E-state index contributed by atoms with van der Waals surface area (Å²) in [6.07, 6.45) is -3.97. The highest BCUT2D eigenvalue weighted by atomic mass is 19.3. The summed E-state index contributed by atoms with van der Waals surface area (Å²) in [5.74, 6) is -4.78. The highest BCUT2D eigenvalue weighted by Gasteiger charge is 2.45. The summed E-state index contributed by atoms with van der Waals surface area (Å²) in [4.78, 5) is 4.06. The Balaban J connectivity index is 2.70. The molecule has 2 rings (SSSR count). The van der Waals surface area contributed by atoms with Crippen molar-refractivity contribution in [1.82, 2.24) is 4.98 Å². The molecular formula is C16H13F4N3O. The number of aliphatic hydroxyl groups is 1. The normalized spacial score (nSPS) is 11.4. The lowest BCUT2D eigenvalue weighted by Crippen LogP contribution is -2.26. The molecule has 1 aromatic heterocycles. The molecule has 0 bridgehead atoms. The molecule has 1 heterocycles. The van der Waals surface area contributed by atoms with Crippen LogP contribution in [0, 0.1) is 11.3 Å². The van der Waals surface area contributed by atoms with Gasteiger partial charge in [0.25, 0.3) is 0 Å². The minimum absolute atomic E-state index is 0.0189. The second-order valence-electron chi connectivity index (χ2n) is 4.83. The van der Waals surface area contributed by atoms with E-state index in [4.69, 9.17) is 10.4 Å². The standard InChI is InChI=1S/C16H13F4N3O/c17-15(18)16(19,20)12-8-13(10-4-2-1-3-5-10)23-14(11(12)9-21)22-6-7-24/h1-5,8,15,24H,6-7H2,(H,22,23). The number of nitriles is 1. The molecule has 0 aliphatic heterocycles. The molecule has 2 N–H and O–H groups in total. The van der Waals surface area contributed by atoms with E-state index in [9.17, 15) is 17.6 Å². The zero-order chi connectivity index (χ0) is 17.7. The first-order valence-electron chi connectivity index (χ1n) is 6.93. The van der Waals surface area contributed by atoms with Gasteiger partial charge in [0.1, 0.15) is 17.5 Å². The van der Waals surface area contributed by atoms with E-state index in [1.807, 2.05) is 0 Å². The summed E-state index contributed by atoms with van der Waals surface area (Å²) >= 11 is 0. The lowest BCUT2D eigenvalue weighted by molar-refractivity contribution is -0.135. The van der Waals surface area contributed by atoms with Crippen molar-refractivity contribution in [2.75, 3.05) is 18.5 Å². The van der Waals surface area contributed by atoms with Crippen LogP contribution in [0.25, 0.3) is 11.3 Å². The van der Waals surface area contributed by atoms with Crippen LogP contribution in [-0.4, -0.2) is 29.7 Å². The van der Waals surface area contributed by atoms with Crippen LogP contribution < -0.4 is 5.32 Å². The number of aromatic nitrogens is 1. The second-order valence-corrected chi connectivity index (χ2v) is 4.83. The van der Waals surface area contributed by atoms with Gasteiger partial charge in [-0.15, -0.1) is 0 Å². The lowest BCUT2D eigenvalue weighted by Gasteiger charge is -2.20. The number of aliphatic hydroxyl groups excluding tert-OH is 1. The monoisotopic (exact) mass is 339 g/mol. The van der Waals surface area contributed by atoms with Crippen molar-refractivity contribution in [3.63, 3.8) is 0 Å². The summed E-state index contributed by atoms with van der Waals surface area (Å²) < 4.78 is 53.4. The van der Waals surface area contributed by atoms with Crippen molar-refractivity contribution >= 4 is 5.82 Å². The van der Waals surface area contributed by atoms with Crippen molar-refractivity contribution < 1.29 is 22.7 Å². The van der Waals surface area contributed by atoms with Gasteiger partial charge in [0, 0.05) is 12.1 Å². The first-order valence-corrected chi connectivity index (χ1v) is 6.93. The van der Waals surface area contributed by atoms with Crippen molar-refractivity contribution in [2.24, 2.45) is 0 Å². The number of nitrogens with one attached hydrogen (secondary N) is 1. The van der Waals surface area contributed by atoms with Gasteiger partial charge in [-0.25, -0.2) is 13.8 Å². The van der Waals surface area contributed by atoms with Crippen LogP contribution in [0.2, 0.25) is 0 Å². The third-order valence-electron chi connectivity index (χ3n) is 3.24. The predicted octanol–water partition coefficient (Wildman–Crippen LogP) is 3.38. The number of anilines is 1. The highest BCUT2D eigenvalue weighted by Crippen LogP contribution is 2.39. The molecule has 0 unspecified atom stereocenters. The Morgan fingerprint density at radius 2 is 1.92 bits per heavy atom. The Labute approximate surface area is 135 Å². The van der Waals surface area contributed by atoms with Gasteiger partial charge < -0.3 is 10.4 Å². The van der Waals surface area contributed by atoms with E-state index < -0.39 is 23.5 Å². The zero-order valence-electron chi connectivity index (χ0n) is 12.3. The van der Waals surface area contributed by atoms with Gasteiger partial charge in [-0.2, -0.15) is 14.0 Å². The molecule has 8 heteroatoms. The average Bonchev–Trinajstić information content (AvgIpc) is 2.59. The molecule has 0 radical (unpaired) electrons. The molecule has 0 amide bonds. The predicted molar refractivity (Wildman–Crippen MR) is 79.9 cm³/mol. The van der Waals surface area contributed by atoms with E-state index in [1.54, 1.807) is 30.3 Å². The molecule has 126 valence electrons. The summed E-state index contributed by atoms with van der Waals surface area (Å²) in [6.45, 7) is -0.414. The molecule has 24 heavy (non-hydrogen) atoms. The van der Waals surface area contributed by atoms with Crippen molar-refractivity contribution in [2.45, 2.75) is 12.3 Å². The first kappa shape index (κ1) is 17.7. The molecule has 0 atom stereocenters. The Morgan fingerprint density at radius 1 is 1.25 bits per heavy atom. The Bertz CT molecular complexity index is 745. The van der Waals surface area contributed by atoms with Crippen LogP contribution in [0.5, 0.6) is 0 Å². The number of benzene rings is 1. The van der Waals surface area contributed by atoms with Crippen LogP contribution >= 0.6 is 0 Å². The fourth-order valence-electron chi connectivity index (χ4n) is 2.10. The Hall–Kier alpha value is -2.66. The van der Waals surface area contributed by atoms with E-state index in [1.165, 1.54) is 6.07 Å². The number of alkyl halides is 4. The number of rotatable bonds is 6. The second kappa shape index (κ2) is 7.27. The average molecular weight is 339 g/mol. The van der Waals surface area contributed by atoms with Gasteiger partial charge in [0.15, 0.2) is 0 Å². The summed E-state index contributed by atoms with van der Waals surface area (Å²) in [5.41, 5.74) is -1.33. The van der Waals surface area contributed by atoms with Crippen molar-refractivity contribution in [3.05, 3.63) is 47.5 Å². The van der Waals surface area contributed by atoms with Crippen LogP contribution in [0.4, 0.5) is 23.4 Å². The zero-order valence-corrected chi connectivity index (χ0v) is 12.3. The number of hydrogen-bond acceptors (Lipinski definition) is 4. The maximum absolute atomic E-state index is 13.9. The molecule has 2 aromatic rings. The molecular weight excluding hydrogens is 326 g/mol. The smallest absolute Gasteiger partial charge is 0.334 e. The SMILES string of the molecule is N#Cc1c(C(F)(F)C(F)F)cc(-c2ccccc2)nc1NCCO. The Morgan fingerprint density at radius 3 is 2.46 bits per heavy atom. The maximum atomic E-state index is 13.9. The van der Waals surface area contributed by atoms with E-state index in [0.717, 1.165) is 6.07 Å². The molecule has 1 aromatic carbocycles. The number of pyridine rings is 1. The first-order chi connectivity index (χ1) is 11.4. The van der Waals surface area contributed by atoms with E-state index >= 15 is 0 Å². The molecule has 0 aliphatic rings. The summed E-state index contributed by atoms with van der Waals surface area (Å²) in [7, 11) is 0. The topological polar surface area (TPSA) is 68.9 Å². The van der Waals surface area contributed by atoms with E-state index in [-0.39, 0.29) is 24.7 Å². The van der Waals surface area contributed by atoms with Crippen LogP contribution in [-0.2, 0) is 5.92 Å². The third-order valence-corrected chi connectivity index (χ3v) is 3.24. The molecule has 4 nitrogen and oxygen atoms in total. The number of hydrogen-bond donors (Lipinski definition) is 2. The van der Waals surface area contributed by atoms with E-state index in [2.05, 4.69) is 10.3 Å². The Kier molecular flexibility index (Phi) is 5.36. The maximum Gasteiger partial charge on any atom is 0.334 e. The minimum Gasteiger partial charge on any atom is -0.395 e. The fourth-order valence-corrected chi connectivity index (χ4v) is 2.10. The molecule has 0 aliphatic carbocycles. The van der Waals surface area contributed by atoms with Crippen LogP contribution in [0.1, 0.15) is 11.1 Å². The molecule has 0 fully saturated rings. The van der Waals surface area contributed by atoms with Crippen LogP contribution in [0.3, 0.4) is 0 Å². The minimum atomic E-state index is -4.51. The number of nitrogens with zero attached hydrogens (tertiary/aromatic N) is 2. The van der Waals surface area contributed by atoms with Crippen molar-refractivity contribution in [1.29, 1.82) is 5.26 Å². The van der Waals surface area contributed by atoms with Gasteiger partial charge in [-0.3, -0.25) is 0 Å². The number of halogens is 4. The van der Waals surface area contributed by atoms with Crippen molar-refractivity contribution in [3.8, 4) is 17.3 Å². The molecule has 0 spiro atoms. The van der Waals surface area contributed by atoms with Crippen LogP contribution in [0.15, 0.2) is 36.4 Å². The highest BCUT2D eigenvalue weighted by molar-refractivity contribution is 5.68. The fraction of sp³-hybridized carbons (Fsp3) is 0.250. The van der Waals surface area contributed by atoms with Gasteiger partial charge >= 0.3 is 12.3 Å². The van der Waals surface area contributed by atoms with Gasteiger partial charge in [0.05, 0.1) is 17.9 Å². The third kappa shape index (κ3) is 3.46. The van der Waals surface area contributed by atoms with Gasteiger partial charge in [0.2, 0.25) is 0 Å². The van der Waals surface area contributed by atoms with E-state index in [0.29, 0.717) is 5.56 Å².